The molecule has 2 aromatic carbocycles. The fourth-order valence-corrected chi connectivity index (χ4v) is 2.27. The molecule has 3 N–H and O–H groups in total. The number of amides is 1. The van der Waals surface area contributed by atoms with E-state index in [1.165, 1.54) is 6.07 Å². The van der Waals surface area contributed by atoms with Gasteiger partial charge in [-0.25, -0.2) is 0 Å². The van der Waals surface area contributed by atoms with Crippen molar-refractivity contribution < 1.29 is 4.79 Å². The summed E-state index contributed by atoms with van der Waals surface area (Å²) in [5.74, 6) is -0.342. The molecule has 108 valence electrons. The van der Waals surface area contributed by atoms with E-state index in [1.54, 1.807) is 24.3 Å². The lowest BCUT2D eigenvalue weighted by Crippen LogP contribution is -2.15. The molecule has 0 aromatic heterocycles. The normalized spacial score (nSPS) is 10.2. The van der Waals surface area contributed by atoms with Gasteiger partial charge in [0.2, 0.25) is 0 Å². The van der Waals surface area contributed by atoms with E-state index in [4.69, 9.17) is 41.2 Å². The van der Waals surface area contributed by atoms with Crippen molar-refractivity contribution in [2.45, 2.75) is 6.92 Å². The number of nitrogens with two attached hydrogens (primary N) is 1. The van der Waals surface area contributed by atoms with Crippen LogP contribution in [0.4, 0.5) is 5.69 Å². The first-order chi connectivity index (χ1) is 9.88. The Morgan fingerprint density at radius 3 is 2.57 bits per heavy atom. The smallest absolute Gasteiger partial charge is 0.257 e. The minimum Gasteiger partial charge on any atom is -0.389 e. The summed E-state index contributed by atoms with van der Waals surface area (Å²) < 4.78 is 0. The van der Waals surface area contributed by atoms with E-state index >= 15 is 0 Å². The van der Waals surface area contributed by atoms with E-state index < -0.39 is 0 Å². The van der Waals surface area contributed by atoms with Gasteiger partial charge in [0.15, 0.2) is 0 Å². The number of aryl methyl sites for hydroxylation is 1. The maximum atomic E-state index is 12.3. The highest BCUT2D eigenvalue weighted by molar-refractivity contribution is 7.80. The number of hydrogen-bond donors (Lipinski definition) is 2. The molecule has 0 aliphatic carbocycles. The van der Waals surface area contributed by atoms with E-state index in [-0.39, 0.29) is 10.9 Å². The van der Waals surface area contributed by atoms with Crippen LogP contribution in [0.25, 0.3) is 0 Å². The van der Waals surface area contributed by atoms with Crippen LogP contribution in [0.5, 0.6) is 0 Å². The Morgan fingerprint density at radius 1 is 1.19 bits per heavy atom. The van der Waals surface area contributed by atoms with Crippen LogP contribution in [0, 0.1) is 6.92 Å². The molecule has 0 saturated carbocycles. The second-order valence-electron chi connectivity index (χ2n) is 4.47. The molecule has 3 nitrogen and oxygen atoms in total. The second kappa shape index (κ2) is 6.43. The van der Waals surface area contributed by atoms with Crippen LogP contribution < -0.4 is 11.1 Å². The van der Waals surface area contributed by atoms with Crippen molar-refractivity contribution in [2.24, 2.45) is 5.73 Å². The number of nitrogens with one attached hydrogen (secondary N) is 1. The first kappa shape index (κ1) is 15.8. The highest BCUT2D eigenvalue weighted by Crippen LogP contribution is 2.23. The zero-order valence-corrected chi connectivity index (χ0v) is 13.4. The Kier molecular flexibility index (Phi) is 4.83. The van der Waals surface area contributed by atoms with Crippen molar-refractivity contribution in [2.75, 3.05) is 5.32 Å². The summed E-state index contributed by atoms with van der Waals surface area (Å²) in [5, 5.41) is 3.57. The maximum Gasteiger partial charge on any atom is 0.257 e. The molecule has 0 aliphatic heterocycles. The van der Waals surface area contributed by atoms with Crippen molar-refractivity contribution in [3.8, 4) is 0 Å². The molecule has 2 rings (SSSR count). The lowest BCUT2D eigenvalue weighted by Gasteiger charge is -2.11. The van der Waals surface area contributed by atoms with Crippen LogP contribution in [0.15, 0.2) is 36.4 Å². The average Bonchev–Trinajstić information content (AvgIpc) is 2.43. The lowest BCUT2D eigenvalue weighted by atomic mass is 10.1. The molecular formula is C15H12Cl2N2OS. The summed E-state index contributed by atoms with van der Waals surface area (Å²) in [7, 11) is 0. The van der Waals surface area contributed by atoms with Gasteiger partial charge in [-0.15, -0.1) is 0 Å². The minimum atomic E-state index is -0.342. The van der Waals surface area contributed by atoms with E-state index in [0.717, 1.165) is 5.56 Å². The van der Waals surface area contributed by atoms with Crippen molar-refractivity contribution in [3.63, 3.8) is 0 Å². The van der Waals surface area contributed by atoms with E-state index in [0.29, 0.717) is 26.9 Å². The minimum absolute atomic E-state index is 0.270. The number of benzene rings is 2. The molecule has 6 heteroatoms. The Bertz CT molecular complexity index is 732. The van der Waals surface area contributed by atoms with E-state index in [2.05, 4.69) is 5.32 Å². The zero-order chi connectivity index (χ0) is 15.6. The van der Waals surface area contributed by atoms with E-state index in [9.17, 15) is 4.79 Å². The number of hydrogen-bond acceptors (Lipinski definition) is 2. The number of anilines is 1. The van der Waals surface area contributed by atoms with Crippen molar-refractivity contribution >= 4 is 52.0 Å². The summed E-state index contributed by atoms with van der Waals surface area (Å²) in [6.07, 6.45) is 0. The molecule has 0 unspecified atom stereocenters. The predicted octanol–water partition coefficient (Wildman–Crippen LogP) is 4.19. The Balaban J connectivity index is 2.33. The van der Waals surface area contributed by atoms with Crippen molar-refractivity contribution in [1.29, 1.82) is 0 Å². The molecule has 0 fully saturated rings. The first-order valence-corrected chi connectivity index (χ1v) is 7.22. The van der Waals surface area contributed by atoms with Gasteiger partial charge in [0.1, 0.15) is 4.99 Å². The first-order valence-electron chi connectivity index (χ1n) is 6.05. The summed E-state index contributed by atoms with van der Waals surface area (Å²) in [6, 6.07) is 10.1. The molecule has 0 aliphatic rings. The molecule has 0 saturated heterocycles. The van der Waals surface area contributed by atoms with Gasteiger partial charge >= 0.3 is 0 Å². The van der Waals surface area contributed by atoms with Crippen LogP contribution >= 0.6 is 35.4 Å². The number of halogens is 2. The van der Waals surface area contributed by atoms with Crippen LogP contribution in [-0.4, -0.2) is 10.9 Å². The Hall–Kier alpha value is -1.62. The van der Waals surface area contributed by atoms with Gasteiger partial charge in [0.25, 0.3) is 5.91 Å². The fourth-order valence-electron chi connectivity index (χ4n) is 1.77. The monoisotopic (exact) mass is 338 g/mol. The van der Waals surface area contributed by atoms with Gasteiger partial charge in [0, 0.05) is 16.3 Å². The quantitative estimate of drug-likeness (QED) is 0.825. The van der Waals surface area contributed by atoms with Gasteiger partial charge in [-0.1, -0.05) is 47.6 Å². The average molecular weight is 339 g/mol. The van der Waals surface area contributed by atoms with E-state index in [1.807, 2.05) is 13.0 Å². The van der Waals surface area contributed by atoms with Crippen molar-refractivity contribution in [3.05, 3.63) is 63.1 Å². The Labute approximate surface area is 138 Å². The third kappa shape index (κ3) is 3.73. The highest BCUT2D eigenvalue weighted by Gasteiger charge is 2.13. The van der Waals surface area contributed by atoms with Gasteiger partial charge in [-0.3, -0.25) is 4.79 Å². The molecule has 0 radical (unpaired) electrons. The van der Waals surface area contributed by atoms with Gasteiger partial charge in [0.05, 0.1) is 10.6 Å². The number of carbonyl (C=O) groups is 1. The van der Waals surface area contributed by atoms with Gasteiger partial charge in [-0.2, -0.15) is 0 Å². The third-order valence-electron chi connectivity index (χ3n) is 2.94. The zero-order valence-electron chi connectivity index (χ0n) is 11.1. The molecule has 1 amide bonds. The van der Waals surface area contributed by atoms with Crippen LogP contribution in [0.1, 0.15) is 21.5 Å². The van der Waals surface area contributed by atoms with Crippen LogP contribution in [0.3, 0.4) is 0 Å². The van der Waals surface area contributed by atoms with Gasteiger partial charge < -0.3 is 11.1 Å². The molecule has 2 aromatic rings. The fraction of sp³-hybridized carbons (Fsp3) is 0.0667. The summed E-state index contributed by atoms with van der Waals surface area (Å²) in [6.45, 7) is 1.87. The molecular weight excluding hydrogens is 327 g/mol. The molecule has 0 heterocycles. The number of carbonyl (C=O) groups excluding carboxylic acids is 1. The summed E-state index contributed by atoms with van der Waals surface area (Å²) in [5.41, 5.74) is 8.11. The number of rotatable bonds is 3. The highest BCUT2D eigenvalue weighted by atomic mass is 35.5. The largest absolute Gasteiger partial charge is 0.389 e. The number of thiocarbonyl (C=S) groups is 1. The molecule has 0 spiro atoms. The Morgan fingerprint density at radius 2 is 1.90 bits per heavy atom. The van der Waals surface area contributed by atoms with Crippen molar-refractivity contribution in [1.82, 2.24) is 0 Å². The molecule has 21 heavy (non-hydrogen) atoms. The third-order valence-corrected chi connectivity index (χ3v) is 3.74. The SMILES string of the molecule is Cc1ccc(C(N)=S)cc1NC(=O)c1cc(Cl)ccc1Cl. The van der Waals surface area contributed by atoms with Crippen LogP contribution in [0.2, 0.25) is 10.0 Å². The topological polar surface area (TPSA) is 55.1 Å². The predicted molar refractivity (Wildman–Crippen MR) is 91.5 cm³/mol. The summed E-state index contributed by atoms with van der Waals surface area (Å²) >= 11 is 16.8. The maximum absolute atomic E-state index is 12.3. The van der Waals surface area contributed by atoms with Gasteiger partial charge in [-0.05, 0) is 36.8 Å². The standard InChI is InChI=1S/C15H12Cl2N2OS/c1-8-2-3-9(14(18)21)6-13(8)19-15(20)11-7-10(16)4-5-12(11)17/h2-7H,1H3,(H2,18,21)(H,19,20). The molecule has 0 atom stereocenters. The van der Waals surface area contributed by atoms with Crippen LogP contribution in [-0.2, 0) is 0 Å². The lowest BCUT2D eigenvalue weighted by molar-refractivity contribution is 0.102. The second-order valence-corrected chi connectivity index (χ2v) is 5.76. The molecule has 0 bridgehead atoms. The summed E-state index contributed by atoms with van der Waals surface area (Å²) in [4.78, 5) is 12.6.